The molecule has 1 aliphatic heterocycles. The van der Waals surface area contributed by atoms with Crippen molar-refractivity contribution >= 4 is 22.7 Å². The molecule has 0 radical (unpaired) electrons. The number of imidazole rings is 1. The highest BCUT2D eigenvalue weighted by Crippen LogP contribution is 2.37. The molecule has 7 heteroatoms. The average molecular weight is 474 g/mol. The van der Waals surface area contributed by atoms with Crippen LogP contribution in [0.25, 0.3) is 16.7 Å². The molecule has 0 aliphatic carbocycles. The summed E-state index contributed by atoms with van der Waals surface area (Å²) in [6.07, 6.45) is 0.725. The molecule has 0 saturated heterocycles. The Labute approximate surface area is 203 Å². The number of ether oxygens (including phenoxy) is 2. The lowest BCUT2D eigenvalue weighted by Crippen LogP contribution is -2.11. The van der Waals surface area contributed by atoms with Crippen LogP contribution in [-0.4, -0.2) is 22.1 Å². The van der Waals surface area contributed by atoms with Gasteiger partial charge >= 0.3 is 5.97 Å². The lowest BCUT2D eigenvalue weighted by Gasteiger charge is -2.16. The molecule has 1 atom stereocenters. The quantitative estimate of drug-likeness (QED) is 0.332. The molecule has 1 aliphatic rings. The first-order valence-electron chi connectivity index (χ1n) is 11.9. The van der Waals surface area contributed by atoms with Gasteiger partial charge in [0.05, 0.1) is 16.7 Å². The summed E-state index contributed by atoms with van der Waals surface area (Å²) in [5.74, 6) is 1.12. The zero-order valence-corrected chi connectivity index (χ0v) is 20.1. The van der Waals surface area contributed by atoms with Crippen molar-refractivity contribution in [1.82, 2.24) is 9.55 Å². The van der Waals surface area contributed by atoms with E-state index in [9.17, 15) is 9.18 Å². The number of rotatable bonds is 7. The summed E-state index contributed by atoms with van der Waals surface area (Å²) < 4.78 is 27.3. The van der Waals surface area contributed by atoms with E-state index in [0.717, 1.165) is 57.1 Å². The third-order valence-electron chi connectivity index (χ3n) is 6.46. The van der Waals surface area contributed by atoms with Crippen LogP contribution < -0.4 is 10.1 Å². The summed E-state index contributed by atoms with van der Waals surface area (Å²) in [6.45, 7) is 6.85. The van der Waals surface area contributed by atoms with Gasteiger partial charge in [-0.3, -0.25) is 9.36 Å². The van der Waals surface area contributed by atoms with E-state index in [4.69, 9.17) is 14.5 Å². The Kier molecular flexibility index (Phi) is 6.16. The largest absolute Gasteiger partial charge is 0.489 e. The van der Waals surface area contributed by atoms with Crippen molar-refractivity contribution in [3.8, 4) is 11.4 Å². The first kappa shape index (κ1) is 22.9. The lowest BCUT2D eigenvalue weighted by atomic mass is 10.1. The lowest BCUT2D eigenvalue weighted by molar-refractivity contribution is -0.149. The topological polar surface area (TPSA) is 65.4 Å². The Morgan fingerprint density at radius 2 is 2.06 bits per heavy atom. The van der Waals surface area contributed by atoms with Crippen molar-refractivity contribution in [3.05, 3.63) is 82.9 Å². The summed E-state index contributed by atoms with van der Waals surface area (Å²) in [4.78, 5) is 16.4. The number of carbonyl (C=O) groups is 1. The van der Waals surface area contributed by atoms with Gasteiger partial charge in [-0.15, -0.1) is 0 Å². The van der Waals surface area contributed by atoms with Gasteiger partial charge < -0.3 is 14.8 Å². The summed E-state index contributed by atoms with van der Waals surface area (Å²) in [5.41, 5.74) is 6.58. The average Bonchev–Trinajstić information content (AvgIpc) is 3.43. The molecular formula is C28H28FN3O3. The fourth-order valence-corrected chi connectivity index (χ4v) is 4.54. The third kappa shape index (κ3) is 4.34. The highest BCUT2D eigenvalue weighted by Gasteiger charge is 2.27. The van der Waals surface area contributed by atoms with Gasteiger partial charge in [-0.05, 0) is 48.4 Å². The molecule has 5 rings (SSSR count). The number of halogens is 1. The van der Waals surface area contributed by atoms with Gasteiger partial charge in [-0.2, -0.15) is 0 Å². The molecule has 1 aromatic heterocycles. The predicted molar refractivity (Wildman–Crippen MR) is 134 cm³/mol. The molecule has 0 amide bonds. The van der Waals surface area contributed by atoms with Crippen LogP contribution in [0.5, 0.6) is 5.75 Å². The van der Waals surface area contributed by atoms with Crippen molar-refractivity contribution in [3.63, 3.8) is 0 Å². The molecule has 180 valence electrons. The number of nitrogens with zero attached hydrogens (tertiary/aromatic N) is 2. The maximum atomic E-state index is 14.0. The molecule has 2 heterocycles. The molecule has 0 saturated carbocycles. The normalized spacial score (nSPS) is 14.6. The summed E-state index contributed by atoms with van der Waals surface area (Å²) in [7, 11) is 0. The first-order chi connectivity index (χ1) is 17.0. The van der Waals surface area contributed by atoms with Crippen molar-refractivity contribution in [2.75, 3.05) is 11.9 Å². The molecule has 6 nitrogen and oxygen atoms in total. The molecule has 0 fully saturated rings. The van der Waals surface area contributed by atoms with E-state index in [1.807, 2.05) is 30.3 Å². The van der Waals surface area contributed by atoms with Crippen LogP contribution in [0.4, 0.5) is 10.1 Å². The van der Waals surface area contributed by atoms with E-state index in [1.165, 1.54) is 6.07 Å². The fourth-order valence-electron chi connectivity index (χ4n) is 4.54. The molecule has 35 heavy (non-hydrogen) atoms. The standard InChI is InChI=1S/C28H28FN3O3/c1-4-27-31-22-12-9-19(29)13-24(22)32(27)23-8-6-7-18(17(23)3)15-30-20-10-11-21-25(14-20)34-16-26(21)35-28(33)5-2/h6-14,26,30H,4-5,15-16H2,1-3H3/t26-/m1/s1. The van der Waals surface area contributed by atoms with E-state index in [1.54, 1.807) is 19.1 Å². The minimum absolute atomic E-state index is 0.233. The summed E-state index contributed by atoms with van der Waals surface area (Å²) >= 11 is 0. The first-order valence-corrected chi connectivity index (χ1v) is 11.9. The van der Waals surface area contributed by atoms with E-state index >= 15 is 0 Å². The van der Waals surface area contributed by atoms with Gasteiger partial charge in [0.15, 0.2) is 6.10 Å². The Hall–Kier alpha value is -3.87. The highest BCUT2D eigenvalue weighted by atomic mass is 19.1. The molecular weight excluding hydrogens is 445 g/mol. The van der Waals surface area contributed by atoms with Gasteiger partial charge in [0.25, 0.3) is 0 Å². The van der Waals surface area contributed by atoms with Crippen LogP contribution in [0.2, 0.25) is 0 Å². The molecule has 3 aromatic carbocycles. The zero-order valence-electron chi connectivity index (χ0n) is 20.1. The van der Waals surface area contributed by atoms with Gasteiger partial charge in [-0.25, -0.2) is 9.37 Å². The number of anilines is 1. The van der Waals surface area contributed by atoms with E-state index in [-0.39, 0.29) is 17.9 Å². The Balaban J connectivity index is 1.39. The number of nitrogens with one attached hydrogen (secondary N) is 1. The number of benzene rings is 3. The fraction of sp³-hybridized carbons (Fsp3) is 0.286. The second-order valence-electron chi connectivity index (χ2n) is 8.66. The smallest absolute Gasteiger partial charge is 0.306 e. The minimum atomic E-state index is -0.354. The van der Waals surface area contributed by atoms with Crippen LogP contribution in [-0.2, 0) is 22.5 Å². The highest BCUT2D eigenvalue weighted by molar-refractivity contribution is 5.79. The Morgan fingerprint density at radius 3 is 2.86 bits per heavy atom. The molecule has 0 bridgehead atoms. The van der Waals surface area contributed by atoms with Gasteiger partial charge in [0.1, 0.15) is 24.0 Å². The number of esters is 1. The number of aryl methyl sites for hydroxylation is 1. The van der Waals surface area contributed by atoms with E-state index in [0.29, 0.717) is 19.6 Å². The van der Waals surface area contributed by atoms with Crippen molar-refractivity contribution in [2.24, 2.45) is 0 Å². The van der Waals surface area contributed by atoms with Gasteiger partial charge in [0, 0.05) is 42.8 Å². The van der Waals surface area contributed by atoms with Crippen LogP contribution in [0.15, 0.2) is 54.6 Å². The third-order valence-corrected chi connectivity index (χ3v) is 6.46. The van der Waals surface area contributed by atoms with Crippen LogP contribution in [0.1, 0.15) is 48.9 Å². The maximum Gasteiger partial charge on any atom is 0.306 e. The van der Waals surface area contributed by atoms with Crippen molar-refractivity contribution in [1.29, 1.82) is 0 Å². The number of carbonyl (C=O) groups excluding carboxylic acids is 1. The van der Waals surface area contributed by atoms with E-state index in [2.05, 4.69) is 29.8 Å². The second kappa shape index (κ2) is 9.41. The number of hydrogen-bond donors (Lipinski definition) is 1. The van der Waals surface area contributed by atoms with Crippen LogP contribution in [0.3, 0.4) is 0 Å². The van der Waals surface area contributed by atoms with Crippen molar-refractivity contribution in [2.45, 2.75) is 46.3 Å². The predicted octanol–water partition coefficient (Wildman–Crippen LogP) is 6.03. The van der Waals surface area contributed by atoms with Crippen LogP contribution in [0, 0.1) is 12.7 Å². The SMILES string of the molecule is CCC(=O)O[C@@H]1COc2cc(NCc3cccc(-n4c(CC)nc5ccc(F)cc54)c3C)ccc21. The van der Waals surface area contributed by atoms with Gasteiger partial charge in [0.2, 0.25) is 0 Å². The maximum absolute atomic E-state index is 14.0. The zero-order chi connectivity index (χ0) is 24.5. The van der Waals surface area contributed by atoms with Crippen LogP contribution >= 0.6 is 0 Å². The monoisotopic (exact) mass is 473 g/mol. The second-order valence-corrected chi connectivity index (χ2v) is 8.66. The molecule has 4 aromatic rings. The molecule has 0 spiro atoms. The summed E-state index contributed by atoms with van der Waals surface area (Å²) in [5, 5.41) is 3.47. The molecule has 0 unspecified atom stereocenters. The Morgan fingerprint density at radius 1 is 1.20 bits per heavy atom. The number of aromatic nitrogens is 2. The van der Waals surface area contributed by atoms with Crippen molar-refractivity contribution < 1.29 is 18.7 Å². The Bertz CT molecular complexity index is 1410. The number of fused-ring (bicyclic) bond motifs is 2. The van der Waals surface area contributed by atoms with Gasteiger partial charge in [-0.1, -0.05) is 26.0 Å². The minimum Gasteiger partial charge on any atom is -0.489 e. The van der Waals surface area contributed by atoms with E-state index < -0.39 is 0 Å². The molecule has 1 N–H and O–H groups in total. The number of hydrogen-bond acceptors (Lipinski definition) is 5. The summed E-state index contributed by atoms with van der Waals surface area (Å²) in [6, 6.07) is 16.7.